The molecule has 130 valence electrons. The predicted octanol–water partition coefficient (Wildman–Crippen LogP) is 2.67. The summed E-state index contributed by atoms with van der Waals surface area (Å²) in [4.78, 5) is 14.4. The van der Waals surface area contributed by atoms with Crippen LogP contribution in [0.1, 0.15) is 30.3 Å². The van der Waals surface area contributed by atoms with E-state index >= 15 is 0 Å². The third-order valence-corrected chi connectivity index (χ3v) is 4.66. The number of fused-ring (bicyclic) bond motifs is 1. The van der Waals surface area contributed by atoms with Crippen LogP contribution in [0.5, 0.6) is 0 Å². The topological polar surface area (TPSA) is 63.3 Å². The number of likely N-dealkylation sites (tertiary alicyclic amines) is 1. The summed E-state index contributed by atoms with van der Waals surface area (Å²) >= 11 is 0. The standard InChI is InChI=1S/C19H22N4O2/c1-13-8-20-23(9-13)16-10-22(11-16)12-19(24)21-14(2)18-7-15-5-3-4-6-17(15)25-18/h3-9,14,16H,10-12H2,1-2H3,(H,21,24)/t14-/m1/s1. The number of aromatic nitrogens is 2. The number of hydrogen-bond acceptors (Lipinski definition) is 4. The number of amides is 1. The summed E-state index contributed by atoms with van der Waals surface area (Å²) in [5, 5.41) is 8.41. The maximum absolute atomic E-state index is 12.3. The minimum atomic E-state index is -0.147. The highest BCUT2D eigenvalue weighted by atomic mass is 16.3. The van der Waals surface area contributed by atoms with Crippen LogP contribution < -0.4 is 5.32 Å². The molecule has 0 radical (unpaired) electrons. The molecule has 1 atom stereocenters. The van der Waals surface area contributed by atoms with Gasteiger partial charge in [-0.2, -0.15) is 5.10 Å². The van der Waals surface area contributed by atoms with Gasteiger partial charge in [0.1, 0.15) is 11.3 Å². The van der Waals surface area contributed by atoms with Crippen LogP contribution in [0.25, 0.3) is 11.0 Å². The minimum absolute atomic E-state index is 0.0167. The number of rotatable bonds is 5. The molecular weight excluding hydrogens is 316 g/mol. The number of furan rings is 1. The second kappa shape index (κ2) is 6.37. The van der Waals surface area contributed by atoms with Gasteiger partial charge in [0, 0.05) is 24.7 Å². The van der Waals surface area contributed by atoms with Crippen molar-refractivity contribution in [3.8, 4) is 0 Å². The number of para-hydroxylation sites is 1. The summed E-state index contributed by atoms with van der Waals surface area (Å²) in [6.07, 6.45) is 3.91. The van der Waals surface area contributed by atoms with Crippen molar-refractivity contribution in [2.24, 2.45) is 0 Å². The molecule has 0 aliphatic carbocycles. The lowest BCUT2D eigenvalue weighted by atomic mass is 10.1. The van der Waals surface area contributed by atoms with E-state index in [1.54, 1.807) is 0 Å². The highest BCUT2D eigenvalue weighted by Crippen LogP contribution is 2.24. The second-order valence-electron chi connectivity index (χ2n) is 6.82. The van der Waals surface area contributed by atoms with Crippen molar-refractivity contribution >= 4 is 16.9 Å². The van der Waals surface area contributed by atoms with E-state index in [2.05, 4.69) is 15.3 Å². The van der Waals surface area contributed by atoms with Crippen molar-refractivity contribution in [1.82, 2.24) is 20.0 Å². The first-order chi connectivity index (χ1) is 12.1. The maximum atomic E-state index is 12.3. The predicted molar refractivity (Wildman–Crippen MR) is 95.2 cm³/mol. The maximum Gasteiger partial charge on any atom is 0.234 e. The molecule has 1 aliphatic rings. The molecule has 1 N–H and O–H groups in total. The Bertz CT molecular complexity index is 859. The van der Waals surface area contributed by atoms with Crippen LogP contribution in [0.15, 0.2) is 47.1 Å². The largest absolute Gasteiger partial charge is 0.459 e. The van der Waals surface area contributed by atoms with Crippen LogP contribution in [0.3, 0.4) is 0 Å². The van der Waals surface area contributed by atoms with Gasteiger partial charge in [-0.15, -0.1) is 0 Å². The van der Waals surface area contributed by atoms with E-state index in [9.17, 15) is 4.79 Å². The highest BCUT2D eigenvalue weighted by Gasteiger charge is 2.30. The lowest BCUT2D eigenvalue weighted by molar-refractivity contribution is -0.124. The molecule has 3 heterocycles. The Hall–Kier alpha value is -2.60. The molecule has 1 aliphatic heterocycles. The molecular formula is C19H22N4O2. The van der Waals surface area contributed by atoms with Crippen LogP contribution in [-0.4, -0.2) is 40.2 Å². The van der Waals surface area contributed by atoms with Crippen LogP contribution in [0.2, 0.25) is 0 Å². The van der Waals surface area contributed by atoms with E-state index in [1.807, 2.05) is 61.3 Å². The van der Waals surface area contributed by atoms with Gasteiger partial charge in [0.05, 0.1) is 24.8 Å². The van der Waals surface area contributed by atoms with E-state index in [0.29, 0.717) is 12.6 Å². The summed E-state index contributed by atoms with van der Waals surface area (Å²) in [5.74, 6) is 0.797. The third-order valence-electron chi connectivity index (χ3n) is 4.66. The van der Waals surface area contributed by atoms with Gasteiger partial charge in [-0.25, -0.2) is 0 Å². The van der Waals surface area contributed by atoms with Crippen molar-refractivity contribution < 1.29 is 9.21 Å². The Morgan fingerprint density at radius 2 is 2.20 bits per heavy atom. The van der Waals surface area contributed by atoms with Gasteiger partial charge in [0.15, 0.2) is 0 Å². The van der Waals surface area contributed by atoms with Gasteiger partial charge < -0.3 is 9.73 Å². The van der Waals surface area contributed by atoms with Crippen LogP contribution in [0, 0.1) is 6.92 Å². The van der Waals surface area contributed by atoms with E-state index < -0.39 is 0 Å². The van der Waals surface area contributed by atoms with Crippen molar-refractivity contribution in [1.29, 1.82) is 0 Å². The Morgan fingerprint density at radius 1 is 1.40 bits per heavy atom. The Balaban J connectivity index is 1.29. The van der Waals surface area contributed by atoms with Crippen LogP contribution in [-0.2, 0) is 4.79 Å². The van der Waals surface area contributed by atoms with Gasteiger partial charge >= 0.3 is 0 Å². The van der Waals surface area contributed by atoms with E-state index in [0.717, 1.165) is 35.4 Å². The number of aryl methyl sites for hydroxylation is 1. The number of carbonyl (C=O) groups is 1. The van der Waals surface area contributed by atoms with Gasteiger partial charge in [0.2, 0.25) is 5.91 Å². The van der Waals surface area contributed by atoms with E-state index in [4.69, 9.17) is 4.42 Å². The number of hydrogen-bond donors (Lipinski definition) is 1. The van der Waals surface area contributed by atoms with Crippen LogP contribution >= 0.6 is 0 Å². The van der Waals surface area contributed by atoms with Gasteiger partial charge in [-0.1, -0.05) is 18.2 Å². The van der Waals surface area contributed by atoms with Crippen molar-refractivity contribution in [3.63, 3.8) is 0 Å². The monoisotopic (exact) mass is 338 g/mol. The van der Waals surface area contributed by atoms with E-state index in [-0.39, 0.29) is 11.9 Å². The number of nitrogens with zero attached hydrogens (tertiary/aromatic N) is 3. The molecule has 0 saturated carbocycles. The molecule has 1 fully saturated rings. The van der Waals surface area contributed by atoms with Crippen molar-refractivity contribution in [3.05, 3.63) is 54.0 Å². The number of nitrogens with one attached hydrogen (secondary N) is 1. The summed E-state index contributed by atoms with van der Waals surface area (Å²) < 4.78 is 7.80. The Kier molecular flexibility index (Phi) is 4.05. The number of carbonyl (C=O) groups excluding carboxylic acids is 1. The molecule has 0 spiro atoms. The average molecular weight is 338 g/mol. The fourth-order valence-corrected chi connectivity index (χ4v) is 3.25. The molecule has 4 rings (SSSR count). The van der Waals surface area contributed by atoms with Gasteiger partial charge in [-0.05, 0) is 31.5 Å². The fraction of sp³-hybridized carbons (Fsp3) is 0.368. The molecule has 1 aromatic carbocycles. The molecule has 0 unspecified atom stereocenters. The molecule has 2 aromatic heterocycles. The zero-order valence-corrected chi connectivity index (χ0v) is 14.5. The number of benzene rings is 1. The summed E-state index contributed by atoms with van der Waals surface area (Å²) in [5.41, 5.74) is 2.01. The molecule has 25 heavy (non-hydrogen) atoms. The lowest BCUT2D eigenvalue weighted by Gasteiger charge is -2.38. The Morgan fingerprint density at radius 3 is 2.92 bits per heavy atom. The molecule has 6 nitrogen and oxygen atoms in total. The minimum Gasteiger partial charge on any atom is -0.459 e. The molecule has 0 bridgehead atoms. The first-order valence-corrected chi connectivity index (χ1v) is 8.59. The third kappa shape index (κ3) is 3.30. The SMILES string of the molecule is Cc1cnn(C2CN(CC(=O)N[C@H](C)c3cc4ccccc4o3)C2)c1. The van der Waals surface area contributed by atoms with Gasteiger partial charge in [-0.3, -0.25) is 14.4 Å². The zero-order valence-electron chi connectivity index (χ0n) is 14.5. The lowest BCUT2D eigenvalue weighted by Crippen LogP contribution is -2.51. The van der Waals surface area contributed by atoms with Crippen LogP contribution in [0.4, 0.5) is 0 Å². The smallest absolute Gasteiger partial charge is 0.234 e. The van der Waals surface area contributed by atoms with Crippen molar-refractivity contribution in [2.45, 2.75) is 25.9 Å². The zero-order chi connectivity index (χ0) is 17.4. The first kappa shape index (κ1) is 15.9. The molecule has 1 amide bonds. The Labute approximate surface area is 146 Å². The summed E-state index contributed by atoms with van der Waals surface area (Å²) in [6.45, 7) is 6.09. The summed E-state index contributed by atoms with van der Waals surface area (Å²) in [7, 11) is 0. The fourth-order valence-electron chi connectivity index (χ4n) is 3.25. The first-order valence-electron chi connectivity index (χ1n) is 8.59. The van der Waals surface area contributed by atoms with E-state index in [1.165, 1.54) is 0 Å². The van der Waals surface area contributed by atoms with Crippen molar-refractivity contribution in [2.75, 3.05) is 19.6 Å². The molecule has 3 aromatic rings. The normalized spacial score (nSPS) is 16.7. The molecule has 6 heteroatoms. The second-order valence-corrected chi connectivity index (χ2v) is 6.82. The summed E-state index contributed by atoms with van der Waals surface area (Å²) in [6, 6.07) is 10.1. The molecule has 1 saturated heterocycles. The average Bonchev–Trinajstić information content (AvgIpc) is 3.16. The quantitative estimate of drug-likeness (QED) is 0.777. The highest BCUT2D eigenvalue weighted by molar-refractivity contribution is 5.80. The van der Waals surface area contributed by atoms with Gasteiger partial charge in [0.25, 0.3) is 0 Å².